The van der Waals surface area contributed by atoms with Gasteiger partial charge < -0.3 is 9.84 Å². The fourth-order valence-corrected chi connectivity index (χ4v) is 1.79. The lowest BCUT2D eigenvalue weighted by atomic mass is 10.0. The molecule has 0 aliphatic rings. The number of para-hydroxylation sites is 1. The van der Waals surface area contributed by atoms with Crippen molar-refractivity contribution in [2.45, 2.75) is 12.5 Å². The molecule has 88 valence electrons. The molecule has 3 nitrogen and oxygen atoms in total. The maximum absolute atomic E-state index is 10.2. The van der Waals surface area contributed by atoms with Crippen molar-refractivity contribution in [2.24, 2.45) is 0 Å². The predicted octanol–water partition coefficient (Wildman–Crippen LogP) is 2.37. The van der Waals surface area contributed by atoms with E-state index in [1.54, 1.807) is 19.5 Å². The molecule has 3 heteroatoms. The van der Waals surface area contributed by atoms with Crippen molar-refractivity contribution < 1.29 is 9.84 Å². The number of ether oxygens (including phenoxy) is 1. The lowest BCUT2D eigenvalue weighted by Crippen LogP contribution is -2.04. The third-order valence-corrected chi connectivity index (χ3v) is 2.68. The minimum atomic E-state index is -0.562. The topological polar surface area (TPSA) is 42.4 Å². The molecule has 1 heterocycles. The van der Waals surface area contributed by atoms with Crippen LogP contribution in [0.15, 0.2) is 48.8 Å². The second-order valence-electron chi connectivity index (χ2n) is 3.82. The maximum atomic E-state index is 10.2. The first-order valence-electron chi connectivity index (χ1n) is 5.51. The molecule has 0 bridgehead atoms. The molecule has 0 aliphatic heterocycles. The van der Waals surface area contributed by atoms with Gasteiger partial charge in [0.1, 0.15) is 5.75 Å². The summed E-state index contributed by atoms with van der Waals surface area (Å²) in [5, 5.41) is 10.2. The number of nitrogens with zero attached hydrogens (tertiary/aromatic N) is 1. The summed E-state index contributed by atoms with van der Waals surface area (Å²) < 4.78 is 5.23. The van der Waals surface area contributed by atoms with Crippen LogP contribution in [0.25, 0.3) is 0 Å². The molecule has 1 aromatic heterocycles. The second kappa shape index (κ2) is 5.46. The summed E-state index contributed by atoms with van der Waals surface area (Å²) in [5.41, 5.74) is 1.87. The van der Waals surface area contributed by atoms with E-state index in [-0.39, 0.29) is 0 Å². The highest BCUT2D eigenvalue weighted by Crippen LogP contribution is 2.26. The molecule has 0 saturated heterocycles. The smallest absolute Gasteiger partial charge is 0.124 e. The molecule has 0 radical (unpaired) electrons. The first-order valence-corrected chi connectivity index (χ1v) is 5.51. The highest BCUT2D eigenvalue weighted by atomic mass is 16.5. The van der Waals surface area contributed by atoms with Gasteiger partial charge in [-0.1, -0.05) is 18.2 Å². The summed E-state index contributed by atoms with van der Waals surface area (Å²) >= 11 is 0. The zero-order valence-corrected chi connectivity index (χ0v) is 9.71. The Hall–Kier alpha value is -1.87. The Kier molecular flexibility index (Phi) is 3.73. The number of methoxy groups -OCH3 is 1. The van der Waals surface area contributed by atoms with Crippen LogP contribution >= 0.6 is 0 Å². The number of hydrogen-bond donors (Lipinski definition) is 1. The van der Waals surface area contributed by atoms with Crippen molar-refractivity contribution in [1.29, 1.82) is 0 Å². The molecule has 0 spiro atoms. The average molecular weight is 229 g/mol. The Morgan fingerprint density at radius 2 is 1.88 bits per heavy atom. The Labute approximate surface area is 101 Å². The van der Waals surface area contributed by atoms with Gasteiger partial charge in [0.05, 0.1) is 13.2 Å². The Balaban J connectivity index is 2.17. The molecular weight excluding hydrogens is 214 g/mol. The monoisotopic (exact) mass is 229 g/mol. The van der Waals surface area contributed by atoms with E-state index < -0.39 is 6.10 Å². The van der Waals surface area contributed by atoms with Gasteiger partial charge in [-0.25, -0.2) is 0 Å². The molecule has 1 N–H and O–H groups in total. The van der Waals surface area contributed by atoms with Gasteiger partial charge in [-0.2, -0.15) is 0 Å². The van der Waals surface area contributed by atoms with Gasteiger partial charge in [-0.15, -0.1) is 0 Å². The molecule has 0 saturated carbocycles. The fraction of sp³-hybridized carbons (Fsp3) is 0.214. The van der Waals surface area contributed by atoms with E-state index in [0.29, 0.717) is 12.2 Å². The summed E-state index contributed by atoms with van der Waals surface area (Å²) in [5.74, 6) is 0.717. The van der Waals surface area contributed by atoms with Gasteiger partial charge in [-0.05, 0) is 23.8 Å². The number of rotatable bonds is 4. The van der Waals surface area contributed by atoms with Crippen molar-refractivity contribution in [3.8, 4) is 5.75 Å². The van der Waals surface area contributed by atoms with Crippen molar-refractivity contribution in [3.63, 3.8) is 0 Å². The molecule has 0 amide bonds. The zero-order valence-electron chi connectivity index (χ0n) is 9.71. The summed E-state index contributed by atoms with van der Waals surface area (Å²) in [6, 6.07) is 11.3. The predicted molar refractivity (Wildman–Crippen MR) is 65.9 cm³/mol. The van der Waals surface area contributed by atoms with Crippen LogP contribution in [0, 0.1) is 0 Å². The number of benzene rings is 1. The van der Waals surface area contributed by atoms with Gasteiger partial charge in [0.25, 0.3) is 0 Å². The third-order valence-electron chi connectivity index (χ3n) is 2.68. The molecule has 2 rings (SSSR count). The normalized spacial score (nSPS) is 12.1. The Bertz CT molecular complexity index is 471. The van der Waals surface area contributed by atoms with E-state index in [1.165, 1.54) is 0 Å². The van der Waals surface area contributed by atoms with Gasteiger partial charge in [0.2, 0.25) is 0 Å². The Morgan fingerprint density at radius 1 is 1.18 bits per heavy atom. The minimum absolute atomic E-state index is 0.558. The molecule has 2 aromatic rings. The van der Waals surface area contributed by atoms with E-state index >= 15 is 0 Å². The SMILES string of the molecule is COc1ccccc1[C@H](O)Cc1ccncc1. The van der Waals surface area contributed by atoms with Crippen LogP contribution in [-0.4, -0.2) is 17.2 Å². The van der Waals surface area contributed by atoms with Crippen LogP contribution in [0.3, 0.4) is 0 Å². The molecule has 0 fully saturated rings. The standard InChI is InChI=1S/C14H15NO2/c1-17-14-5-3-2-4-12(14)13(16)10-11-6-8-15-9-7-11/h2-9,13,16H,10H2,1H3/t13-/m1/s1. The van der Waals surface area contributed by atoms with Crippen LogP contribution in [0.5, 0.6) is 5.75 Å². The van der Waals surface area contributed by atoms with E-state index in [9.17, 15) is 5.11 Å². The second-order valence-corrected chi connectivity index (χ2v) is 3.82. The van der Waals surface area contributed by atoms with E-state index in [4.69, 9.17) is 4.74 Å². The fourth-order valence-electron chi connectivity index (χ4n) is 1.79. The van der Waals surface area contributed by atoms with Crippen molar-refractivity contribution in [3.05, 3.63) is 59.9 Å². The third kappa shape index (κ3) is 2.82. The highest BCUT2D eigenvalue weighted by molar-refractivity contribution is 5.35. The van der Waals surface area contributed by atoms with Gasteiger partial charge in [0, 0.05) is 24.4 Å². The average Bonchev–Trinajstić information content (AvgIpc) is 2.40. The number of pyridine rings is 1. The minimum Gasteiger partial charge on any atom is -0.496 e. The van der Waals surface area contributed by atoms with Crippen LogP contribution in [0.2, 0.25) is 0 Å². The Morgan fingerprint density at radius 3 is 2.59 bits per heavy atom. The zero-order chi connectivity index (χ0) is 12.1. The van der Waals surface area contributed by atoms with Crippen LogP contribution in [0.1, 0.15) is 17.2 Å². The quantitative estimate of drug-likeness (QED) is 0.875. The van der Waals surface area contributed by atoms with Crippen molar-refractivity contribution in [2.75, 3.05) is 7.11 Å². The molecule has 0 aliphatic carbocycles. The van der Waals surface area contributed by atoms with Crippen LogP contribution in [-0.2, 0) is 6.42 Å². The summed E-state index contributed by atoms with van der Waals surface area (Å²) in [6.45, 7) is 0. The summed E-state index contributed by atoms with van der Waals surface area (Å²) in [4.78, 5) is 3.95. The van der Waals surface area contributed by atoms with Gasteiger partial charge in [0.15, 0.2) is 0 Å². The molecule has 1 atom stereocenters. The maximum Gasteiger partial charge on any atom is 0.124 e. The molecule has 17 heavy (non-hydrogen) atoms. The molecular formula is C14H15NO2. The number of aromatic nitrogens is 1. The van der Waals surface area contributed by atoms with Gasteiger partial charge in [-0.3, -0.25) is 4.98 Å². The number of aliphatic hydroxyl groups is 1. The first-order chi connectivity index (χ1) is 8.31. The lowest BCUT2D eigenvalue weighted by molar-refractivity contribution is 0.174. The lowest BCUT2D eigenvalue weighted by Gasteiger charge is -2.14. The molecule has 0 unspecified atom stereocenters. The largest absolute Gasteiger partial charge is 0.496 e. The van der Waals surface area contributed by atoms with Crippen LogP contribution in [0.4, 0.5) is 0 Å². The number of aliphatic hydroxyl groups excluding tert-OH is 1. The van der Waals surface area contributed by atoms with E-state index in [2.05, 4.69) is 4.98 Å². The number of hydrogen-bond acceptors (Lipinski definition) is 3. The first kappa shape index (κ1) is 11.6. The van der Waals surface area contributed by atoms with Gasteiger partial charge >= 0.3 is 0 Å². The summed E-state index contributed by atoms with van der Waals surface area (Å²) in [7, 11) is 1.61. The van der Waals surface area contributed by atoms with Crippen molar-refractivity contribution in [1.82, 2.24) is 4.98 Å². The highest BCUT2D eigenvalue weighted by Gasteiger charge is 2.12. The van der Waals surface area contributed by atoms with Crippen LogP contribution < -0.4 is 4.74 Å². The van der Waals surface area contributed by atoms with Crippen molar-refractivity contribution >= 4 is 0 Å². The molecule has 1 aromatic carbocycles. The summed E-state index contributed by atoms with van der Waals surface area (Å²) in [6.07, 6.45) is 3.45. The van der Waals surface area contributed by atoms with E-state index in [1.807, 2.05) is 36.4 Å². The van der Waals surface area contributed by atoms with E-state index in [0.717, 1.165) is 11.1 Å².